The van der Waals surface area contributed by atoms with Gasteiger partial charge in [-0.2, -0.15) is 0 Å². The van der Waals surface area contributed by atoms with Crippen molar-refractivity contribution in [2.75, 3.05) is 6.54 Å². The lowest BCUT2D eigenvalue weighted by Gasteiger charge is -2.16. The highest BCUT2D eigenvalue weighted by Crippen LogP contribution is 2.25. The van der Waals surface area contributed by atoms with Crippen LogP contribution in [-0.4, -0.2) is 27.6 Å². The lowest BCUT2D eigenvalue weighted by Crippen LogP contribution is -2.22. The SMILES string of the molecule is O/N=C1/CCCc2cc(Br)ccc21.O=C1NCCCc2cc(Br)ccc21.O=S(Cl)Cl. The molecular formula is C20H20Br2Cl2N2O3S. The third kappa shape index (κ3) is 7.96. The van der Waals surface area contributed by atoms with Gasteiger partial charge in [-0.3, -0.25) is 4.79 Å². The Bertz CT molecular complexity index is 954. The van der Waals surface area contributed by atoms with E-state index in [-0.39, 0.29) is 5.91 Å². The average Bonchev–Trinajstić information content (AvgIpc) is 2.88. The molecule has 0 radical (unpaired) electrons. The summed E-state index contributed by atoms with van der Waals surface area (Å²) in [6, 6.07) is 11.9. The highest BCUT2D eigenvalue weighted by molar-refractivity contribution is 9.10. The summed E-state index contributed by atoms with van der Waals surface area (Å²) < 4.78 is 11.2. The molecule has 10 heteroatoms. The molecular weight excluding hydrogens is 579 g/mol. The number of oxime groups is 1. The molecule has 5 nitrogen and oxygen atoms in total. The number of halogens is 4. The van der Waals surface area contributed by atoms with Gasteiger partial charge in [-0.25, -0.2) is 4.21 Å². The molecule has 0 aromatic heterocycles. The van der Waals surface area contributed by atoms with Gasteiger partial charge in [0.25, 0.3) is 5.91 Å². The predicted octanol–water partition coefficient (Wildman–Crippen LogP) is 6.13. The number of benzene rings is 2. The van der Waals surface area contributed by atoms with Crippen LogP contribution in [0.4, 0.5) is 0 Å². The predicted molar refractivity (Wildman–Crippen MR) is 130 cm³/mol. The molecule has 0 unspecified atom stereocenters. The van der Waals surface area contributed by atoms with Crippen LogP contribution < -0.4 is 5.32 Å². The highest BCUT2D eigenvalue weighted by Gasteiger charge is 2.16. The fourth-order valence-corrected chi connectivity index (χ4v) is 4.12. The number of nitrogens with one attached hydrogen (secondary N) is 1. The second-order valence-corrected chi connectivity index (χ2v) is 10.9. The number of fused-ring (bicyclic) bond motifs is 2. The van der Waals surface area contributed by atoms with Crippen molar-refractivity contribution in [3.05, 3.63) is 67.6 Å². The van der Waals surface area contributed by atoms with Gasteiger partial charge in [0.2, 0.25) is 9.23 Å². The van der Waals surface area contributed by atoms with Gasteiger partial charge in [0.15, 0.2) is 0 Å². The van der Waals surface area contributed by atoms with Crippen molar-refractivity contribution in [1.82, 2.24) is 5.32 Å². The van der Waals surface area contributed by atoms with Gasteiger partial charge in [0.05, 0.1) is 5.71 Å². The summed E-state index contributed by atoms with van der Waals surface area (Å²) in [6.45, 7) is 0.783. The Balaban J connectivity index is 0.000000182. The van der Waals surface area contributed by atoms with E-state index in [1.807, 2.05) is 30.3 Å². The van der Waals surface area contributed by atoms with Crippen molar-refractivity contribution in [3.63, 3.8) is 0 Å². The van der Waals surface area contributed by atoms with Gasteiger partial charge in [0, 0.05) is 48.0 Å². The fraction of sp³-hybridized carbons (Fsp3) is 0.300. The van der Waals surface area contributed by atoms with Crippen LogP contribution in [0.25, 0.3) is 0 Å². The number of hydrogen-bond donors (Lipinski definition) is 2. The second-order valence-electron chi connectivity index (χ2n) is 6.55. The Labute approximate surface area is 203 Å². The molecule has 0 bridgehead atoms. The number of amides is 1. The molecule has 1 heterocycles. The number of rotatable bonds is 0. The van der Waals surface area contributed by atoms with E-state index < -0.39 is 9.23 Å². The minimum Gasteiger partial charge on any atom is -0.411 e. The Kier molecular flexibility index (Phi) is 10.8. The molecule has 1 aliphatic heterocycles. The first-order chi connectivity index (χ1) is 14.3. The van der Waals surface area contributed by atoms with Gasteiger partial charge >= 0.3 is 0 Å². The summed E-state index contributed by atoms with van der Waals surface area (Å²) >= 11 is 6.83. The molecule has 2 aromatic carbocycles. The molecule has 4 rings (SSSR count). The Hall–Kier alpha value is -0.930. The van der Waals surface area contributed by atoms with Crippen LogP contribution in [0.3, 0.4) is 0 Å². The van der Waals surface area contributed by atoms with Gasteiger partial charge in [-0.05, 0) is 73.6 Å². The fourth-order valence-electron chi connectivity index (χ4n) is 3.30. The van der Waals surface area contributed by atoms with Crippen molar-refractivity contribution in [1.29, 1.82) is 0 Å². The minimum absolute atomic E-state index is 0.0556. The van der Waals surface area contributed by atoms with E-state index in [1.54, 1.807) is 0 Å². The maximum atomic E-state index is 11.5. The summed E-state index contributed by atoms with van der Waals surface area (Å²) in [6.07, 6.45) is 5.03. The maximum Gasteiger partial charge on any atom is 0.251 e. The van der Waals surface area contributed by atoms with Crippen molar-refractivity contribution >= 4 is 74.1 Å². The lowest BCUT2D eigenvalue weighted by atomic mass is 9.90. The van der Waals surface area contributed by atoms with E-state index in [1.165, 1.54) is 5.56 Å². The molecule has 30 heavy (non-hydrogen) atoms. The zero-order chi connectivity index (χ0) is 22.1. The first kappa shape index (κ1) is 25.3. The third-order valence-electron chi connectivity index (χ3n) is 4.58. The standard InChI is InChI=1S/2C10H10BrNO.Cl2OS/c11-8-3-4-9-7(6-8)2-1-5-12-10(9)13;11-8-4-5-9-7(6-8)2-1-3-10(9)12-13;1-4(2)3/h3-4,6H,1-2,5H2,(H,12,13);4-6,13H,1-3H2;/b;12-10-;. The van der Waals surface area contributed by atoms with Crippen LogP contribution in [0.2, 0.25) is 0 Å². The van der Waals surface area contributed by atoms with Gasteiger partial charge in [-0.1, -0.05) is 43.1 Å². The molecule has 0 fully saturated rings. The van der Waals surface area contributed by atoms with Crippen LogP contribution in [-0.2, 0) is 22.1 Å². The molecule has 0 saturated heterocycles. The minimum atomic E-state index is -1.67. The van der Waals surface area contributed by atoms with Crippen LogP contribution in [0, 0.1) is 0 Å². The van der Waals surface area contributed by atoms with E-state index in [2.05, 4.69) is 69.8 Å². The summed E-state index contributed by atoms with van der Waals surface area (Å²) in [5, 5.41) is 15.0. The number of carbonyl (C=O) groups is 1. The van der Waals surface area contributed by atoms with Crippen molar-refractivity contribution in [2.24, 2.45) is 5.16 Å². The van der Waals surface area contributed by atoms with Crippen LogP contribution in [0.1, 0.15) is 46.3 Å². The Morgan fingerprint density at radius 3 is 2.07 bits per heavy atom. The van der Waals surface area contributed by atoms with Crippen molar-refractivity contribution < 1.29 is 14.2 Å². The summed E-state index contributed by atoms with van der Waals surface area (Å²) in [4.78, 5) is 11.5. The van der Waals surface area contributed by atoms with Crippen molar-refractivity contribution in [2.45, 2.75) is 32.1 Å². The summed E-state index contributed by atoms with van der Waals surface area (Å²) in [5.41, 5.74) is 5.14. The maximum absolute atomic E-state index is 11.5. The molecule has 0 spiro atoms. The molecule has 1 amide bonds. The molecule has 2 aliphatic rings. The molecule has 0 atom stereocenters. The van der Waals surface area contributed by atoms with Gasteiger partial charge in [0.1, 0.15) is 0 Å². The highest BCUT2D eigenvalue weighted by atomic mass is 79.9. The Morgan fingerprint density at radius 1 is 0.933 bits per heavy atom. The number of aryl methyl sites for hydroxylation is 2. The number of nitrogens with zero attached hydrogens (tertiary/aromatic N) is 1. The number of carbonyl (C=O) groups excluding carboxylic acids is 1. The topological polar surface area (TPSA) is 78.8 Å². The first-order valence-electron chi connectivity index (χ1n) is 9.12. The van der Waals surface area contributed by atoms with E-state index in [4.69, 9.17) is 9.42 Å². The van der Waals surface area contributed by atoms with E-state index in [9.17, 15) is 4.79 Å². The number of hydrogen-bond acceptors (Lipinski definition) is 4. The molecule has 1 aliphatic carbocycles. The quantitative estimate of drug-likeness (QED) is 0.217. The summed E-state index contributed by atoms with van der Waals surface area (Å²) in [5.74, 6) is 0.0556. The normalized spacial score (nSPS) is 16.2. The monoisotopic (exact) mass is 596 g/mol. The van der Waals surface area contributed by atoms with E-state index >= 15 is 0 Å². The van der Waals surface area contributed by atoms with Crippen LogP contribution in [0.15, 0.2) is 50.5 Å². The Morgan fingerprint density at radius 2 is 1.47 bits per heavy atom. The van der Waals surface area contributed by atoms with Gasteiger partial charge in [-0.15, -0.1) is 0 Å². The average molecular weight is 599 g/mol. The molecule has 0 saturated carbocycles. The molecule has 2 N–H and O–H groups in total. The zero-order valence-electron chi connectivity index (χ0n) is 15.8. The van der Waals surface area contributed by atoms with E-state index in [0.29, 0.717) is 0 Å². The first-order valence-corrected chi connectivity index (χ1v) is 13.5. The molecule has 162 valence electrons. The van der Waals surface area contributed by atoms with Crippen LogP contribution in [0.5, 0.6) is 0 Å². The lowest BCUT2D eigenvalue weighted by molar-refractivity contribution is 0.0956. The zero-order valence-corrected chi connectivity index (χ0v) is 21.3. The van der Waals surface area contributed by atoms with Crippen LogP contribution >= 0.6 is 53.2 Å². The van der Waals surface area contributed by atoms with Crippen molar-refractivity contribution in [3.8, 4) is 0 Å². The smallest absolute Gasteiger partial charge is 0.251 e. The second kappa shape index (κ2) is 12.8. The third-order valence-corrected chi connectivity index (χ3v) is 5.57. The summed E-state index contributed by atoms with van der Waals surface area (Å²) in [7, 11) is 7.36. The molecule has 2 aromatic rings. The largest absolute Gasteiger partial charge is 0.411 e. The van der Waals surface area contributed by atoms with Gasteiger partial charge < -0.3 is 10.5 Å². The van der Waals surface area contributed by atoms with E-state index in [0.717, 1.165) is 70.0 Å².